The minimum Gasteiger partial charge on any atom is -0.344 e. The van der Waals surface area contributed by atoms with E-state index in [0.717, 1.165) is 12.8 Å². The number of amides is 1. The Labute approximate surface area is 114 Å². The Balaban J connectivity index is 4.19. The van der Waals surface area contributed by atoms with Gasteiger partial charge in [-0.2, -0.15) is 0 Å². The maximum Gasteiger partial charge on any atom is 0.237 e. The first kappa shape index (κ1) is 17.4. The summed E-state index contributed by atoms with van der Waals surface area (Å²) in [6, 6.07) is -1.14. The minimum absolute atomic E-state index is 0.292. The number of thiol groups is 1. The maximum atomic E-state index is 11.8. The summed E-state index contributed by atoms with van der Waals surface area (Å²) >= 11 is 3.79. The summed E-state index contributed by atoms with van der Waals surface area (Å²) in [7, 11) is 0. The Morgan fingerprint density at radius 3 is 2.33 bits per heavy atom. The molecule has 18 heavy (non-hydrogen) atoms. The zero-order valence-electron chi connectivity index (χ0n) is 11.2. The predicted molar refractivity (Wildman–Crippen MR) is 76.3 cm³/mol. The molecule has 0 unspecified atom stereocenters. The van der Waals surface area contributed by atoms with Gasteiger partial charge in [0.05, 0.1) is 12.1 Å². The van der Waals surface area contributed by atoms with Crippen molar-refractivity contribution >= 4 is 23.7 Å². The number of nitrogens with two attached hydrogens (primary N) is 2. The molecule has 5 nitrogen and oxygen atoms in total. The second-order valence-electron chi connectivity index (χ2n) is 4.92. The molecule has 5 N–H and O–H groups in total. The monoisotopic (exact) mass is 275 g/mol. The van der Waals surface area contributed by atoms with Crippen molar-refractivity contribution in [2.24, 2.45) is 17.4 Å². The van der Waals surface area contributed by atoms with Crippen molar-refractivity contribution in [2.75, 3.05) is 6.54 Å². The zero-order valence-corrected chi connectivity index (χ0v) is 12.1. The molecule has 0 aliphatic carbocycles. The van der Waals surface area contributed by atoms with E-state index in [-0.39, 0.29) is 11.0 Å². The number of carbonyl (C=O) groups excluding carboxylic acids is 2. The topological polar surface area (TPSA) is 98.2 Å². The van der Waals surface area contributed by atoms with Crippen LogP contribution in [0.5, 0.6) is 0 Å². The molecule has 0 heterocycles. The lowest BCUT2D eigenvalue weighted by Gasteiger charge is -2.19. The molecule has 0 saturated carbocycles. The van der Waals surface area contributed by atoms with Crippen molar-refractivity contribution in [3.63, 3.8) is 0 Å². The first-order chi connectivity index (χ1) is 8.38. The van der Waals surface area contributed by atoms with E-state index >= 15 is 0 Å². The van der Waals surface area contributed by atoms with Gasteiger partial charge in [0.2, 0.25) is 11.0 Å². The Bertz CT molecular complexity index is 272. The Morgan fingerprint density at radius 2 is 1.89 bits per heavy atom. The third kappa shape index (κ3) is 7.68. The van der Waals surface area contributed by atoms with E-state index in [2.05, 4.69) is 17.9 Å². The fraction of sp³-hybridized carbons (Fsp3) is 0.833. The molecule has 1 amide bonds. The average molecular weight is 275 g/mol. The van der Waals surface area contributed by atoms with Gasteiger partial charge < -0.3 is 16.8 Å². The molecule has 0 saturated heterocycles. The molecule has 106 valence electrons. The van der Waals surface area contributed by atoms with Crippen LogP contribution in [0, 0.1) is 5.92 Å². The van der Waals surface area contributed by atoms with Crippen LogP contribution in [0.1, 0.15) is 39.5 Å². The number of unbranched alkanes of at least 4 members (excludes halogenated alkanes) is 1. The van der Waals surface area contributed by atoms with Crippen LogP contribution in [0.15, 0.2) is 0 Å². The summed E-state index contributed by atoms with van der Waals surface area (Å²) < 4.78 is 0. The Hall–Kier alpha value is -0.590. The quantitative estimate of drug-likeness (QED) is 0.362. The third-order valence-electron chi connectivity index (χ3n) is 2.63. The normalized spacial score (nSPS) is 14.3. The fourth-order valence-electron chi connectivity index (χ4n) is 1.61. The molecule has 6 heteroatoms. The molecule has 0 aliphatic heterocycles. The van der Waals surface area contributed by atoms with Crippen molar-refractivity contribution in [3.05, 3.63) is 0 Å². The summed E-state index contributed by atoms with van der Waals surface area (Å²) in [4.78, 5) is 23.1. The van der Waals surface area contributed by atoms with E-state index in [4.69, 9.17) is 11.5 Å². The summed E-state index contributed by atoms with van der Waals surface area (Å²) in [5.74, 6) is 0.0138. The highest BCUT2D eigenvalue weighted by molar-refractivity contribution is 7.96. The highest BCUT2D eigenvalue weighted by atomic mass is 32.1. The van der Waals surface area contributed by atoms with Gasteiger partial charge >= 0.3 is 0 Å². The van der Waals surface area contributed by atoms with Gasteiger partial charge in [-0.3, -0.25) is 9.59 Å². The van der Waals surface area contributed by atoms with Crippen LogP contribution in [0.2, 0.25) is 0 Å². The molecule has 0 spiro atoms. The molecule has 2 atom stereocenters. The van der Waals surface area contributed by atoms with Gasteiger partial charge in [-0.25, -0.2) is 0 Å². The van der Waals surface area contributed by atoms with E-state index in [9.17, 15) is 9.59 Å². The first-order valence-electron chi connectivity index (χ1n) is 6.37. The van der Waals surface area contributed by atoms with Gasteiger partial charge in [0, 0.05) is 0 Å². The standard InChI is InChI=1S/C12H25N3O2S/c1-8(2)7-10(12(17)18)15-11(16)9(14)5-3-4-6-13/h8-10H,3-7,13-14H2,1-2H3,(H,15,16)(H,17,18)/t9-,10-/m1/s1. The molecule has 0 rings (SSSR count). The summed E-state index contributed by atoms with van der Waals surface area (Å²) in [5.41, 5.74) is 11.1. The van der Waals surface area contributed by atoms with Crippen LogP contribution >= 0.6 is 12.6 Å². The molecule has 0 aromatic rings. The van der Waals surface area contributed by atoms with Crippen molar-refractivity contribution < 1.29 is 9.59 Å². The molecule has 0 aromatic carbocycles. The predicted octanol–water partition coefficient (Wildman–Crippen LogP) is 0.430. The minimum atomic E-state index is -0.584. The molecule has 0 radical (unpaired) electrons. The number of rotatable bonds is 9. The van der Waals surface area contributed by atoms with Gasteiger partial charge in [-0.1, -0.05) is 20.3 Å². The average Bonchev–Trinajstić information content (AvgIpc) is 2.27. The van der Waals surface area contributed by atoms with Crippen LogP contribution in [0.3, 0.4) is 0 Å². The second-order valence-corrected chi connectivity index (χ2v) is 5.36. The van der Waals surface area contributed by atoms with E-state index in [0.29, 0.717) is 25.3 Å². The maximum absolute atomic E-state index is 11.8. The van der Waals surface area contributed by atoms with Crippen LogP contribution in [0.4, 0.5) is 0 Å². The molecule has 0 aliphatic rings. The molecular formula is C12H25N3O2S. The van der Waals surface area contributed by atoms with Gasteiger partial charge in [-0.15, -0.1) is 12.6 Å². The first-order valence-corrected chi connectivity index (χ1v) is 6.82. The molecule has 0 aromatic heterocycles. The lowest BCUT2D eigenvalue weighted by molar-refractivity contribution is -0.126. The van der Waals surface area contributed by atoms with Crippen molar-refractivity contribution in [3.8, 4) is 0 Å². The van der Waals surface area contributed by atoms with E-state index in [1.165, 1.54) is 0 Å². The van der Waals surface area contributed by atoms with Crippen molar-refractivity contribution in [1.29, 1.82) is 0 Å². The van der Waals surface area contributed by atoms with Gasteiger partial charge in [-0.05, 0) is 31.7 Å². The van der Waals surface area contributed by atoms with Crippen LogP contribution in [-0.4, -0.2) is 29.7 Å². The van der Waals surface area contributed by atoms with Crippen molar-refractivity contribution in [1.82, 2.24) is 5.32 Å². The van der Waals surface area contributed by atoms with Crippen LogP contribution < -0.4 is 16.8 Å². The van der Waals surface area contributed by atoms with E-state index < -0.39 is 12.1 Å². The van der Waals surface area contributed by atoms with Crippen LogP contribution in [-0.2, 0) is 9.59 Å². The van der Waals surface area contributed by atoms with Gasteiger partial charge in [0.1, 0.15) is 0 Å². The number of hydrogen-bond acceptors (Lipinski definition) is 4. The number of nitrogens with one attached hydrogen (secondary N) is 1. The van der Waals surface area contributed by atoms with Gasteiger partial charge in [0.15, 0.2) is 0 Å². The summed E-state index contributed by atoms with van der Waals surface area (Å²) in [6.07, 6.45) is 2.82. The summed E-state index contributed by atoms with van der Waals surface area (Å²) in [5, 5.41) is 2.33. The lowest BCUT2D eigenvalue weighted by Crippen LogP contribution is -2.48. The molecular weight excluding hydrogens is 250 g/mol. The third-order valence-corrected chi connectivity index (χ3v) is 2.94. The van der Waals surface area contributed by atoms with E-state index in [1.807, 2.05) is 13.8 Å². The fourth-order valence-corrected chi connectivity index (χ4v) is 1.78. The summed E-state index contributed by atoms with van der Waals surface area (Å²) in [6.45, 7) is 4.56. The second kappa shape index (κ2) is 9.35. The van der Waals surface area contributed by atoms with Crippen LogP contribution in [0.25, 0.3) is 0 Å². The van der Waals surface area contributed by atoms with Crippen molar-refractivity contribution in [2.45, 2.75) is 51.6 Å². The highest BCUT2D eigenvalue weighted by Gasteiger charge is 2.22. The van der Waals surface area contributed by atoms with Gasteiger partial charge in [0.25, 0.3) is 0 Å². The van der Waals surface area contributed by atoms with E-state index in [1.54, 1.807) is 0 Å². The molecule has 0 fully saturated rings. The largest absolute Gasteiger partial charge is 0.344 e. The number of hydrogen-bond donors (Lipinski definition) is 4. The Morgan fingerprint density at radius 1 is 1.28 bits per heavy atom. The number of carbonyl (C=O) groups is 2. The smallest absolute Gasteiger partial charge is 0.237 e. The Kier molecular flexibility index (Phi) is 9.05. The zero-order chi connectivity index (χ0) is 14.1. The lowest BCUT2D eigenvalue weighted by atomic mass is 10.0. The SMILES string of the molecule is CC(C)C[C@@H](NC(=O)[C@H](N)CCCCN)C(=O)S. The molecule has 0 bridgehead atoms. The highest BCUT2D eigenvalue weighted by Crippen LogP contribution is 2.08.